The quantitative estimate of drug-likeness (QED) is 0.0864. The number of hydrogen-bond donors (Lipinski definition) is 2. The van der Waals surface area contributed by atoms with Crippen molar-refractivity contribution in [2.24, 2.45) is 5.92 Å². The highest BCUT2D eigenvalue weighted by Gasteiger charge is 2.30. The van der Waals surface area contributed by atoms with Crippen LogP contribution in [-0.4, -0.2) is 25.7 Å². The number of nitrogens with one attached hydrogen (secondary N) is 2. The van der Waals surface area contributed by atoms with Gasteiger partial charge in [-0.3, -0.25) is 4.79 Å². The average molecular weight is 733 g/mol. The number of carbonyl (C=O) groups excluding carboxylic acids is 1. The molecule has 0 spiro atoms. The standard InChI is InChI=1S/C50H60N4O/c1-4-7-10-16-21-38-42-26-28-44(51-42)39(22-17-11-8-5-2)46-30-32-48(53-46)41(34-36-24-25-37(50(36)55)35-19-14-13-15-20-35)49-33-31-47(54-49)40(23-18-12-9-6-3)45-29-27-43(38)52-45/h13-15,19-20,25-33,36,51-52H,4-12,16-18,21-24,34H2,1-3H3. The van der Waals surface area contributed by atoms with E-state index in [0.717, 1.165) is 89.0 Å². The third-order valence-corrected chi connectivity index (χ3v) is 11.8. The molecule has 1 aromatic carbocycles. The van der Waals surface area contributed by atoms with Crippen molar-refractivity contribution in [3.05, 3.63) is 111 Å². The summed E-state index contributed by atoms with van der Waals surface area (Å²) >= 11 is 0. The summed E-state index contributed by atoms with van der Waals surface area (Å²) in [4.78, 5) is 32.7. The Balaban J connectivity index is 1.42. The molecule has 2 aliphatic heterocycles. The van der Waals surface area contributed by atoms with E-state index < -0.39 is 0 Å². The number of unbranched alkanes of at least 4 members (excludes halogenated alkanes) is 9. The molecule has 5 heterocycles. The van der Waals surface area contributed by atoms with Crippen LogP contribution in [0, 0.1) is 5.92 Å². The molecule has 5 nitrogen and oxygen atoms in total. The molecular weight excluding hydrogens is 673 g/mol. The molecule has 0 fully saturated rings. The second-order valence-corrected chi connectivity index (χ2v) is 15.8. The Morgan fingerprint density at radius 3 is 1.44 bits per heavy atom. The van der Waals surface area contributed by atoms with Crippen molar-refractivity contribution in [2.45, 2.75) is 130 Å². The summed E-state index contributed by atoms with van der Waals surface area (Å²) in [5.41, 5.74) is 15.4. The molecule has 5 heteroatoms. The van der Waals surface area contributed by atoms with Crippen LogP contribution in [0.15, 0.2) is 60.7 Å². The van der Waals surface area contributed by atoms with Crippen molar-refractivity contribution >= 4 is 57.7 Å². The average Bonchev–Trinajstić information content (AvgIpc) is 4.06. The normalized spacial score (nSPS) is 15.0. The molecule has 0 saturated carbocycles. The van der Waals surface area contributed by atoms with Crippen LogP contribution in [0.25, 0.3) is 51.9 Å². The minimum atomic E-state index is -0.144. The third-order valence-electron chi connectivity index (χ3n) is 11.8. The first kappa shape index (κ1) is 38.5. The zero-order chi connectivity index (χ0) is 38.0. The molecule has 1 atom stereocenters. The van der Waals surface area contributed by atoms with E-state index in [0.29, 0.717) is 6.42 Å². The molecule has 7 rings (SSSR count). The minimum Gasteiger partial charge on any atom is -0.355 e. The van der Waals surface area contributed by atoms with Gasteiger partial charge in [-0.05, 0) is 111 Å². The highest BCUT2D eigenvalue weighted by Crippen LogP contribution is 2.35. The molecule has 286 valence electrons. The zero-order valence-corrected chi connectivity index (χ0v) is 33.5. The fraction of sp³-hybridized carbons (Fsp3) is 0.420. The van der Waals surface area contributed by atoms with Crippen molar-refractivity contribution in [2.75, 3.05) is 0 Å². The van der Waals surface area contributed by atoms with Gasteiger partial charge in [0.1, 0.15) is 0 Å². The van der Waals surface area contributed by atoms with Crippen molar-refractivity contribution < 1.29 is 4.79 Å². The Labute approximate surface area is 328 Å². The SMILES string of the molecule is CCCCCCc1c2nc(c(CC3CC=C(c4ccccc4)C3=O)c3nc(c(CCCCCC)c4ccc([nH]4)c(CCCCCC)c4ccc1[nH]4)C=C3)C=C2. The summed E-state index contributed by atoms with van der Waals surface area (Å²) in [6, 6.07) is 19.3. The Bertz CT molecular complexity index is 2100. The summed E-state index contributed by atoms with van der Waals surface area (Å²) in [5, 5.41) is 0. The number of aromatic nitrogens is 4. The fourth-order valence-electron chi connectivity index (χ4n) is 8.62. The van der Waals surface area contributed by atoms with Gasteiger partial charge in [0.25, 0.3) is 0 Å². The van der Waals surface area contributed by atoms with Gasteiger partial charge in [-0.25, -0.2) is 9.97 Å². The molecule has 0 saturated heterocycles. The lowest BCUT2D eigenvalue weighted by atomic mass is 9.92. The number of aromatic amines is 2. The second kappa shape index (κ2) is 18.7. The maximum absolute atomic E-state index is 14.0. The van der Waals surface area contributed by atoms with E-state index in [4.69, 9.17) is 9.97 Å². The smallest absolute Gasteiger partial charge is 0.166 e. The van der Waals surface area contributed by atoms with Crippen LogP contribution in [0.1, 0.15) is 155 Å². The summed E-state index contributed by atoms with van der Waals surface area (Å²) in [5.74, 6) is 0.0737. The van der Waals surface area contributed by atoms with Gasteiger partial charge in [-0.2, -0.15) is 0 Å². The van der Waals surface area contributed by atoms with Crippen LogP contribution >= 0.6 is 0 Å². The van der Waals surface area contributed by atoms with Gasteiger partial charge in [0.2, 0.25) is 0 Å². The summed E-state index contributed by atoms with van der Waals surface area (Å²) in [6.45, 7) is 6.82. The van der Waals surface area contributed by atoms with E-state index >= 15 is 0 Å². The summed E-state index contributed by atoms with van der Waals surface area (Å²) in [6.07, 6.45) is 29.6. The van der Waals surface area contributed by atoms with Crippen molar-refractivity contribution in [3.63, 3.8) is 0 Å². The lowest BCUT2D eigenvalue weighted by Crippen LogP contribution is -2.14. The third kappa shape index (κ3) is 9.04. The number of benzene rings is 1. The first-order valence-corrected chi connectivity index (χ1v) is 21.5. The highest BCUT2D eigenvalue weighted by atomic mass is 16.1. The van der Waals surface area contributed by atoms with Crippen LogP contribution in [-0.2, 0) is 30.5 Å². The number of ketones is 1. The fourth-order valence-corrected chi connectivity index (χ4v) is 8.62. The summed E-state index contributed by atoms with van der Waals surface area (Å²) < 4.78 is 0. The number of fused-ring (bicyclic) bond motifs is 8. The van der Waals surface area contributed by atoms with Gasteiger partial charge in [0.05, 0.1) is 22.8 Å². The largest absolute Gasteiger partial charge is 0.355 e. The molecule has 0 amide bonds. The maximum atomic E-state index is 14.0. The van der Waals surface area contributed by atoms with E-state index in [-0.39, 0.29) is 11.7 Å². The van der Waals surface area contributed by atoms with Crippen LogP contribution in [0.2, 0.25) is 0 Å². The second-order valence-electron chi connectivity index (χ2n) is 15.8. The molecule has 8 bridgehead atoms. The number of H-pyrrole nitrogens is 2. The number of nitrogens with zero attached hydrogens (tertiary/aromatic N) is 2. The van der Waals surface area contributed by atoms with Crippen LogP contribution < -0.4 is 0 Å². The number of aryl methyl sites for hydroxylation is 3. The Kier molecular flexibility index (Phi) is 13.1. The van der Waals surface area contributed by atoms with E-state index in [1.165, 1.54) is 91.9 Å². The van der Waals surface area contributed by atoms with E-state index in [1.807, 2.05) is 30.3 Å². The first-order valence-electron chi connectivity index (χ1n) is 21.5. The van der Waals surface area contributed by atoms with Gasteiger partial charge in [0, 0.05) is 50.2 Å². The number of Topliss-reactive ketones (excluding diaryl/α,β-unsaturated/α-hetero) is 1. The van der Waals surface area contributed by atoms with E-state index in [2.05, 4.69) is 85.4 Å². The lowest BCUT2D eigenvalue weighted by Gasteiger charge is -2.12. The molecule has 0 radical (unpaired) electrons. The molecule has 3 aromatic heterocycles. The van der Waals surface area contributed by atoms with Gasteiger partial charge in [0.15, 0.2) is 5.78 Å². The number of carbonyl (C=O) groups is 1. The van der Waals surface area contributed by atoms with E-state index in [9.17, 15) is 4.79 Å². The van der Waals surface area contributed by atoms with Crippen molar-refractivity contribution in [1.82, 2.24) is 19.9 Å². The zero-order valence-electron chi connectivity index (χ0n) is 33.5. The highest BCUT2D eigenvalue weighted by molar-refractivity contribution is 6.23. The molecule has 3 aliphatic rings. The predicted octanol–water partition coefficient (Wildman–Crippen LogP) is 13.2. The van der Waals surface area contributed by atoms with Crippen LogP contribution in [0.4, 0.5) is 0 Å². The van der Waals surface area contributed by atoms with Crippen LogP contribution in [0.5, 0.6) is 0 Å². The molecule has 1 aliphatic carbocycles. The van der Waals surface area contributed by atoms with Gasteiger partial charge in [-0.15, -0.1) is 0 Å². The lowest BCUT2D eigenvalue weighted by molar-refractivity contribution is -0.116. The van der Waals surface area contributed by atoms with Crippen LogP contribution in [0.3, 0.4) is 0 Å². The minimum absolute atomic E-state index is 0.144. The molecular formula is C50H60N4O. The predicted molar refractivity (Wildman–Crippen MR) is 234 cm³/mol. The Morgan fingerprint density at radius 1 is 0.527 bits per heavy atom. The number of allylic oxidation sites excluding steroid dienone is 2. The molecule has 1 unspecified atom stereocenters. The van der Waals surface area contributed by atoms with Gasteiger partial charge >= 0.3 is 0 Å². The Hall–Kier alpha value is -4.77. The molecule has 4 aromatic rings. The Morgan fingerprint density at radius 2 is 0.964 bits per heavy atom. The van der Waals surface area contributed by atoms with Gasteiger partial charge in [-0.1, -0.05) is 115 Å². The van der Waals surface area contributed by atoms with Crippen molar-refractivity contribution in [1.29, 1.82) is 0 Å². The molecule has 55 heavy (non-hydrogen) atoms. The summed E-state index contributed by atoms with van der Waals surface area (Å²) in [7, 11) is 0. The first-order chi connectivity index (χ1) is 27.1. The van der Waals surface area contributed by atoms with E-state index in [1.54, 1.807) is 0 Å². The van der Waals surface area contributed by atoms with Gasteiger partial charge < -0.3 is 9.97 Å². The monoisotopic (exact) mass is 732 g/mol. The van der Waals surface area contributed by atoms with Crippen molar-refractivity contribution in [3.8, 4) is 0 Å². The molecule has 2 N–H and O–H groups in total. The topological polar surface area (TPSA) is 74.4 Å². The number of rotatable bonds is 18. The maximum Gasteiger partial charge on any atom is 0.166 e. The number of hydrogen-bond acceptors (Lipinski definition) is 3.